The number of hydrogen-bond acceptors (Lipinski definition) is 4. The summed E-state index contributed by atoms with van der Waals surface area (Å²) in [6.45, 7) is 20.9. The number of terminal acetylenes is 1. The lowest BCUT2D eigenvalue weighted by molar-refractivity contribution is 0.00578. The third-order valence-corrected chi connectivity index (χ3v) is 11.4. The first-order valence-corrected chi connectivity index (χ1v) is 20.5. The van der Waals surface area contributed by atoms with Gasteiger partial charge in [0.1, 0.15) is 0 Å². The molecule has 0 N–H and O–H groups in total. The van der Waals surface area contributed by atoms with E-state index in [1.165, 1.54) is 43.2 Å². The van der Waals surface area contributed by atoms with Gasteiger partial charge in [0, 0.05) is 21.2 Å². The van der Waals surface area contributed by atoms with Crippen molar-refractivity contribution >= 4 is 41.1 Å². The Morgan fingerprint density at radius 2 is 0.800 bits per heavy atom. The van der Waals surface area contributed by atoms with Crippen LogP contribution in [0.15, 0.2) is 102 Å². The van der Waals surface area contributed by atoms with Gasteiger partial charge in [0.05, 0.1) is 22.4 Å². The minimum absolute atomic E-state index is 0.266. The van der Waals surface area contributed by atoms with Crippen molar-refractivity contribution in [1.29, 1.82) is 0 Å². The van der Waals surface area contributed by atoms with Crippen LogP contribution < -0.4 is 10.9 Å². The van der Waals surface area contributed by atoms with Crippen molar-refractivity contribution in [2.75, 3.05) is 0 Å². The maximum atomic E-state index is 6.10. The molecule has 0 atom stereocenters. The molecule has 0 aromatic heterocycles. The number of hydrogen-bond donors (Lipinski definition) is 0. The van der Waals surface area contributed by atoms with E-state index < -0.39 is 0 Å². The van der Waals surface area contributed by atoms with Crippen molar-refractivity contribution in [1.82, 2.24) is 0 Å². The molecule has 0 radical (unpaired) electrons. The summed E-state index contributed by atoms with van der Waals surface area (Å²) in [7, 11) is -0.592. The van der Waals surface area contributed by atoms with Gasteiger partial charge < -0.3 is 18.6 Å². The van der Waals surface area contributed by atoms with Gasteiger partial charge in [-0.2, -0.15) is 0 Å². The first kappa shape index (κ1) is 44.2. The standard InChI is InChI=1S/C24H29BO2.C12H16BBrO2.C12H14/c1-6-7-8-19-9-11-20(12-10-19)13-14-21-15-17-22(18-16-21)25-26-23(2,3)24(4,5)27-25;1-11(2)12(3,4)16-13(15-11)9-5-7-10(14)8-6-9;1-3-5-6-12-9-7-11(4-2)8-10-12/h9-12,15-18H,6-8H2,1-5H3;5-8H,1-4H3;2,7-10H,3,5-6H2,1H3. The van der Waals surface area contributed by atoms with Gasteiger partial charge in [0.25, 0.3) is 0 Å². The fourth-order valence-corrected chi connectivity index (χ4v) is 5.99. The van der Waals surface area contributed by atoms with Gasteiger partial charge in [-0.3, -0.25) is 0 Å². The third-order valence-electron chi connectivity index (χ3n) is 10.9. The van der Waals surface area contributed by atoms with Gasteiger partial charge in [-0.25, -0.2) is 0 Å². The van der Waals surface area contributed by atoms with Gasteiger partial charge in [-0.1, -0.05) is 109 Å². The van der Waals surface area contributed by atoms with Crippen LogP contribution in [0.25, 0.3) is 0 Å². The van der Waals surface area contributed by atoms with Crippen LogP contribution in [-0.2, 0) is 31.5 Å². The van der Waals surface area contributed by atoms with Crippen molar-refractivity contribution in [3.8, 4) is 24.2 Å². The van der Waals surface area contributed by atoms with Crippen LogP contribution in [0.2, 0.25) is 0 Å². The molecule has 0 bridgehead atoms. The number of aryl methyl sites for hydroxylation is 2. The van der Waals surface area contributed by atoms with E-state index in [0.717, 1.165) is 38.5 Å². The highest BCUT2D eigenvalue weighted by atomic mass is 79.9. The normalized spacial score (nSPS) is 17.1. The van der Waals surface area contributed by atoms with Gasteiger partial charge in [0.2, 0.25) is 0 Å². The molecule has 0 unspecified atom stereocenters. The van der Waals surface area contributed by atoms with E-state index in [0.29, 0.717) is 0 Å². The van der Waals surface area contributed by atoms with Crippen LogP contribution in [0.1, 0.15) is 123 Å². The quantitative estimate of drug-likeness (QED) is 0.131. The lowest BCUT2D eigenvalue weighted by Crippen LogP contribution is -2.41. The minimum atomic E-state index is -0.326. The van der Waals surface area contributed by atoms with Crippen LogP contribution >= 0.6 is 15.9 Å². The van der Waals surface area contributed by atoms with Gasteiger partial charge in [0.15, 0.2) is 0 Å². The summed E-state index contributed by atoms with van der Waals surface area (Å²) in [4.78, 5) is 0. The van der Waals surface area contributed by atoms with Crippen LogP contribution in [0.3, 0.4) is 0 Å². The summed E-state index contributed by atoms with van der Waals surface area (Å²) in [6.07, 6.45) is 12.5. The first-order valence-electron chi connectivity index (χ1n) is 19.7. The predicted molar refractivity (Wildman–Crippen MR) is 236 cm³/mol. The fourth-order valence-electron chi connectivity index (χ4n) is 5.73. The molecular formula is C48H59B2BrO4. The maximum absolute atomic E-state index is 6.10. The fraction of sp³-hybridized carbons (Fsp3) is 0.417. The summed E-state index contributed by atoms with van der Waals surface area (Å²) in [5.74, 6) is 9.10. The largest absolute Gasteiger partial charge is 0.494 e. The van der Waals surface area contributed by atoms with E-state index in [1.807, 2.05) is 60.7 Å². The summed E-state index contributed by atoms with van der Waals surface area (Å²) >= 11 is 3.42. The Bertz CT molecular complexity index is 1870. The Morgan fingerprint density at radius 1 is 0.491 bits per heavy atom. The molecule has 6 rings (SSSR count). The molecular weight excluding hydrogens is 742 g/mol. The Kier molecular flexibility index (Phi) is 15.7. The zero-order chi connectivity index (χ0) is 40.3. The second-order valence-electron chi connectivity index (χ2n) is 16.3. The van der Waals surface area contributed by atoms with Gasteiger partial charge >= 0.3 is 14.2 Å². The maximum Gasteiger partial charge on any atom is 0.494 e. The second-order valence-corrected chi connectivity index (χ2v) is 17.3. The predicted octanol–water partition coefficient (Wildman–Crippen LogP) is 10.5. The molecule has 0 aliphatic carbocycles. The molecule has 0 saturated carbocycles. The van der Waals surface area contributed by atoms with Crippen molar-refractivity contribution < 1.29 is 18.6 Å². The molecule has 2 heterocycles. The monoisotopic (exact) mass is 800 g/mol. The van der Waals surface area contributed by atoms with Crippen molar-refractivity contribution in [3.63, 3.8) is 0 Å². The Labute approximate surface area is 341 Å². The van der Waals surface area contributed by atoms with Crippen LogP contribution in [0, 0.1) is 24.2 Å². The zero-order valence-corrected chi connectivity index (χ0v) is 36.3. The molecule has 4 aromatic rings. The van der Waals surface area contributed by atoms with E-state index in [1.54, 1.807) is 0 Å². The van der Waals surface area contributed by atoms with E-state index >= 15 is 0 Å². The van der Waals surface area contributed by atoms with Gasteiger partial charge in [-0.05, 0) is 152 Å². The number of rotatable bonds is 8. The Balaban J connectivity index is 0.000000203. The van der Waals surface area contributed by atoms with Crippen LogP contribution in [0.4, 0.5) is 0 Å². The topological polar surface area (TPSA) is 36.9 Å². The first-order chi connectivity index (χ1) is 26.0. The van der Waals surface area contributed by atoms with Crippen LogP contribution in [0.5, 0.6) is 0 Å². The molecule has 55 heavy (non-hydrogen) atoms. The van der Waals surface area contributed by atoms with Crippen molar-refractivity contribution in [3.05, 3.63) is 129 Å². The lowest BCUT2D eigenvalue weighted by Gasteiger charge is -2.32. The molecule has 7 heteroatoms. The number of benzene rings is 4. The number of halogens is 1. The van der Waals surface area contributed by atoms with E-state index in [9.17, 15) is 0 Å². The summed E-state index contributed by atoms with van der Waals surface area (Å²) < 4.78 is 25.2. The molecule has 0 amide bonds. The second kappa shape index (κ2) is 19.5. The van der Waals surface area contributed by atoms with Crippen molar-refractivity contribution in [2.24, 2.45) is 0 Å². The average molecular weight is 802 g/mol. The number of unbranched alkanes of at least 4 members (excludes halogenated alkanes) is 2. The highest BCUT2D eigenvalue weighted by molar-refractivity contribution is 9.10. The summed E-state index contributed by atoms with van der Waals surface area (Å²) in [5.41, 5.74) is 6.67. The molecule has 0 spiro atoms. The third kappa shape index (κ3) is 12.5. The molecule has 2 saturated heterocycles. The Morgan fingerprint density at radius 3 is 1.13 bits per heavy atom. The SMILES string of the molecule is C#Cc1ccc(CCCC)cc1.CC1(C)OB(c2ccc(Br)cc2)OC1(C)C.CCCCc1ccc(C#Cc2ccc(B3OC(C)(C)C(C)(C)O3)cc2)cc1. The molecule has 2 fully saturated rings. The minimum Gasteiger partial charge on any atom is -0.399 e. The summed E-state index contributed by atoms with van der Waals surface area (Å²) in [6, 6.07) is 33.0. The molecule has 288 valence electrons. The molecule has 4 nitrogen and oxygen atoms in total. The van der Waals surface area contributed by atoms with E-state index in [4.69, 9.17) is 25.0 Å². The van der Waals surface area contributed by atoms with E-state index in [-0.39, 0.29) is 36.6 Å². The molecule has 2 aliphatic heterocycles. The highest BCUT2D eigenvalue weighted by Gasteiger charge is 2.52. The zero-order valence-electron chi connectivity index (χ0n) is 34.7. The van der Waals surface area contributed by atoms with Crippen molar-refractivity contribution in [2.45, 2.75) is 130 Å². The van der Waals surface area contributed by atoms with E-state index in [2.05, 4.69) is 139 Å². The Hall–Kier alpha value is -3.55. The summed E-state index contributed by atoms with van der Waals surface area (Å²) in [5, 5.41) is 0. The highest BCUT2D eigenvalue weighted by Crippen LogP contribution is 2.37. The van der Waals surface area contributed by atoms with Gasteiger partial charge in [-0.15, -0.1) is 6.42 Å². The smallest absolute Gasteiger partial charge is 0.399 e. The lowest BCUT2D eigenvalue weighted by atomic mass is 9.79. The van der Waals surface area contributed by atoms with Crippen LogP contribution in [-0.4, -0.2) is 36.6 Å². The molecule has 2 aliphatic rings. The molecule has 4 aromatic carbocycles. The average Bonchev–Trinajstić information content (AvgIpc) is 3.53.